The minimum atomic E-state index is -4.01. The summed E-state index contributed by atoms with van der Waals surface area (Å²) in [7, 11) is -4.01. The molecule has 0 saturated carbocycles. The molecule has 3 rings (SSSR count). The number of esters is 1. The van der Waals surface area contributed by atoms with Gasteiger partial charge in [0.15, 0.2) is 6.10 Å². The first-order chi connectivity index (χ1) is 15.2. The smallest absolute Gasteiger partial charge is 0.338 e. The molecule has 0 radical (unpaired) electrons. The van der Waals surface area contributed by atoms with Gasteiger partial charge in [-0.15, -0.1) is 0 Å². The number of nitrogens with one attached hydrogen (secondary N) is 1. The van der Waals surface area contributed by atoms with Gasteiger partial charge >= 0.3 is 5.97 Å². The average Bonchev–Trinajstić information content (AvgIpc) is 2.80. The second-order valence-corrected chi connectivity index (χ2v) is 9.46. The molecule has 0 bridgehead atoms. The Bertz CT molecular complexity index is 1070. The van der Waals surface area contributed by atoms with Crippen LogP contribution in [0.3, 0.4) is 0 Å². The number of carbonyl (C=O) groups is 2. The van der Waals surface area contributed by atoms with E-state index in [1.807, 2.05) is 6.92 Å². The minimum absolute atomic E-state index is 0.0114. The maximum absolute atomic E-state index is 13.1. The molecule has 2 atom stereocenters. The van der Waals surface area contributed by atoms with Gasteiger partial charge in [-0.1, -0.05) is 13.0 Å². The minimum Gasteiger partial charge on any atom is -0.449 e. The van der Waals surface area contributed by atoms with Crippen molar-refractivity contribution in [3.05, 3.63) is 59.9 Å². The lowest BCUT2D eigenvalue weighted by Crippen LogP contribution is -2.48. The van der Waals surface area contributed by atoms with Crippen LogP contribution in [0, 0.1) is 5.82 Å². The van der Waals surface area contributed by atoms with Gasteiger partial charge in [-0.2, -0.15) is 0 Å². The standard InChI is InChI=1S/C23H27FN2O5S/c1-3-20-8-4-5-14-26(20)22(27)16(2)31-23(28)17-7-6-9-21(15-17)32(29,30)25-19-12-10-18(24)11-13-19/h6-7,9-13,15-16,20,25H,3-5,8,14H2,1-2H3. The summed E-state index contributed by atoms with van der Waals surface area (Å²) in [6, 6.07) is 10.4. The van der Waals surface area contributed by atoms with Crippen molar-refractivity contribution >= 4 is 27.6 Å². The van der Waals surface area contributed by atoms with Gasteiger partial charge in [-0.3, -0.25) is 9.52 Å². The number of hydrogen-bond acceptors (Lipinski definition) is 5. The van der Waals surface area contributed by atoms with E-state index in [1.54, 1.807) is 4.90 Å². The Morgan fingerprint density at radius 2 is 1.91 bits per heavy atom. The number of benzene rings is 2. The normalized spacial score (nSPS) is 17.5. The molecule has 1 fully saturated rings. The maximum atomic E-state index is 13.1. The number of piperidine rings is 1. The Hall–Kier alpha value is -2.94. The second kappa shape index (κ2) is 10.1. The summed E-state index contributed by atoms with van der Waals surface area (Å²) >= 11 is 0. The molecule has 1 N–H and O–H groups in total. The molecular weight excluding hydrogens is 435 g/mol. The molecule has 32 heavy (non-hydrogen) atoms. The average molecular weight is 463 g/mol. The number of halogens is 1. The zero-order valence-electron chi connectivity index (χ0n) is 18.1. The van der Waals surface area contributed by atoms with Gasteiger partial charge in [-0.25, -0.2) is 17.6 Å². The monoisotopic (exact) mass is 462 g/mol. The van der Waals surface area contributed by atoms with Crippen LogP contribution in [0.5, 0.6) is 0 Å². The molecule has 1 aliphatic rings. The summed E-state index contributed by atoms with van der Waals surface area (Å²) in [5.41, 5.74) is 0.197. The molecule has 0 aromatic heterocycles. The molecule has 7 nitrogen and oxygen atoms in total. The molecule has 1 amide bonds. The van der Waals surface area contributed by atoms with E-state index in [9.17, 15) is 22.4 Å². The number of ether oxygens (including phenoxy) is 1. The quantitative estimate of drug-likeness (QED) is 0.629. The topological polar surface area (TPSA) is 92.8 Å². The van der Waals surface area contributed by atoms with Gasteiger partial charge in [0.05, 0.1) is 10.5 Å². The van der Waals surface area contributed by atoms with Crippen molar-refractivity contribution in [1.82, 2.24) is 4.90 Å². The van der Waals surface area contributed by atoms with Crippen molar-refractivity contribution in [1.29, 1.82) is 0 Å². The van der Waals surface area contributed by atoms with Crippen LogP contribution in [0.15, 0.2) is 53.4 Å². The van der Waals surface area contributed by atoms with Gasteiger partial charge < -0.3 is 9.64 Å². The number of amides is 1. The summed E-state index contributed by atoms with van der Waals surface area (Å²) in [6.45, 7) is 4.19. The summed E-state index contributed by atoms with van der Waals surface area (Å²) in [6.07, 6.45) is 2.79. The Morgan fingerprint density at radius 1 is 1.19 bits per heavy atom. The molecule has 1 saturated heterocycles. The molecule has 172 valence electrons. The van der Waals surface area contributed by atoms with E-state index >= 15 is 0 Å². The lowest BCUT2D eigenvalue weighted by Gasteiger charge is -2.36. The van der Waals surface area contributed by atoms with Crippen LogP contribution in [-0.4, -0.2) is 43.9 Å². The molecule has 0 aliphatic carbocycles. The van der Waals surface area contributed by atoms with E-state index in [0.29, 0.717) is 6.54 Å². The number of likely N-dealkylation sites (tertiary alicyclic amines) is 1. The highest BCUT2D eigenvalue weighted by molar-refractivity contribution is 7.92. The van der Waals surface area contributed by atoms with Crippen molar-refractivity contribution in [2.24, 2.45) is 0 Å². The van der Waals surface area contributed by atoms with Crippen LogP contribution >= 0.6 is 0 Å². The third-order valence-electron chi connectivity index (χ3n) is 5.49. The van der Waals surface area contributed by atoms with E-state index in [1.165, 1.54) is 43.3 Å². The second-order valence-electron chi connectivity index (χ2n) is 7.78. The zero-order valence-corrected chi connectivity index (χ0v) is 18.9. The van der Waals surface area contributed by atoms with Crippen LogP contribution in [0.25, 0.3) is 0 Å². The van der Waals surface area contributed by atoms with Crippen molar-refractivity contribution in [2.45, 2.75) is 56.6 Å². The van der Waals surface area contributed by atoms with Crippen molar-refractivity contribution in [3.8, 4) is 0 Å². The first kappa shape index (κ1) is 23.7. The molecule has 1 aliphatic heterocycles. The van der Waals surface area contributed by atoms with Gasteiger partial charge in [-0.05, 0) is 75.1 Å². The van der Waals surface area contributed by atoms with E-state index in [0.717, 1.165) is 37.8 Å². The lowest BCUT2D eigenvalue weighted by atomic mass is 9.99. The summed E-state index contributed by atoms with van der Waals surface area (Å²) in [4.78, 5) is 27.0. The van der Waals surface area contributed by atoms with Gasteiger partial charge in [0, 0.05) is 18.3 Å². The number of hydrogen-bond donors (Lipinski definition) is 1. The fraction of sp³-hybridized carbons (Fsp3) is 0.391. The van der Waals surface area contributed by atoms with E-state index in [2.05, 4.69) is 4.72 Å². The third kappa shape index (κ3) is 5.64. The third-order valence-corrected chi connectivity index (χ3v) is 6.87. The molecule has 9 heteroatoms. The van der Waals surface area contributed by atoms with Crippen molar-refractivity contribution < 1.29 is 27.1 Å². The van der Waals surface area contributed by atoms with Crippen molar-refractivity contribution in [2.75, 3.05) is 11.3 Å². The molecule has 0 spiro atoms. The summed E-state index contributed by atoms with van der Waals surface area (Å²) in [5.74, 6) is -1.52. The fourth-order valence-electron chi connectivity index (χ4n) is 3.75. The molecule has 2 unspecified atom stereocenters. The Morgan fingerprint density at radius 3 is 2.59 bits per heavy atom. The van der Waals surface area contributed by atoms with Gasteiger partial charge in [0.1, 0.15) is 5.82 Å². The Labute approximate surface area is 187 Å². The highest BCUT2D eigenvalue weighted by atomic mass is 32.2. The zero-order chi connectivity index (χ0) is 23.3. The molecule has 2 aromatic carbocycles. The van der Waals surface area contributed by atoms with Crippen LogP contribution in [0.4, 0.5) is 10.1 Å². The van der Waals surface area contributed by atoms with Gasteiger partial charge in [0.2, 0.25) is 0 Å². The van der Waals surface area contributed by atoms with Crippen LogP contribution < -0.4 is 4.72 Å². The Balaban J connectivity index is 1.70. The van der Waals surface area contributed by atoms with Crippen LogP contribution in [0.1, 0.15) is 49.9 Å². The largest absolute Gasteiger partial charge is 0.449 e. The van der Waals surface area contributed by atoms with E-state index in [4.69, 9.17) is 4.74 Å². The van der Waals surface area contributed by atoms with Crippen LogP contribution in [0.2, 0.25) is 0 Å². The first-order valence-electron chi connectivity index (χ1n) is 10.6. The predicted octanol–water partition coefficient (Wildman–Crippen LogP) is 3.96. The molecule has 1 heterocycles. The van der Waals surface area contributed by atoms with E-state index < -0.39 is 27.9 Å². The number of sulfonamides is 1. The molecule has 2 aromatic rings. The SMILES string of the molecule is CCC1CCCCN1C(=O)C(C)OC(=O)c1cccc(S(=O)(=O)Nc2ccc(F)cc2)c1. The molecular formula is C23H27FN2O5S. The lowest BCUT2D eigenvalue weighted by molar-refractivity contribution is -0.143. The fourth-order valence-corrected chi connectivity index (χ4v) is 4.85. The summed E-state index contributed by atoms with van der Waals surface area (Å²) < 4.78 is 46.0. The van der Waals surface area contributed by atoms with E-state index in [-0.39, 0.29) is 28.1 Å². The van der Waals surface area contributed by atoms with Crippen molar-refractivity contribution in [3.63, 3.8) is 0 Å². The first-order valence-corrected chi connectivity index (χ1v) is 12.1. The highest BCUT2D eigenvalue weighted by Crippen LogP contribution is 2.22. The number of anilines is 1. The van der Waals surface area contributed by atoms with Gasteiger partial charge in [0.25, 0.3) is 15.9 Å². The Kier molecular flexibility index (Phi) is 7.50. The highest BCUT2D eigenvalue weighted by Gasteiger charge is 2.30. The maximum Gasteiger partial charge on any atom is 0.338 e. The van der Waals surface area contributed by atoms with Crippen LogP contribution in [-0.2, 0) is 19.6 Å². The summed E-state index contributed by atoms with van der Waals surface area (Å²) in [5, 5.41) is 0. The number of nitrogens with zero attached hydrogens (tertiary/aromatic N) is 1. The predicted molar refractivity (Wildman–Crippen MR) is 118 cm³/mol. The number of rotatable bonds is 7. The number of carbonyl (C=O) groups excluding carboxylic acids is 2.